The second-order valence-corrected chi connectivity index (χ2v) is 7.57. The van der Waals surface area contributed by atoms with Gasteiger partial charge in [0.25, 0.3) is 0 Å². The first-order chi connectivity index (χ1) is 9.86. The van der Waals surface area contributed by atoms with E-state index >= 15 is 0 Å². The van der Waals surface area contributed by atoms with Crippen LogP contribution in [0.15, 0.2) is 34.7 Å². The van der Waals surface area contributed by atoms with Crippen LogP contribution >= 0.6 is 11.3 Å². The second-order valence-electron chi connectivity index (χ2n) is 4.49. The Morgan fingerprint density at radius 3 is 2.67 bits per heavy atom. The van der Waals surface area contributed by atoms with E-state index in [4.69, 9.17) is 5.11 Å². The molecule has 0 atom stereocenters. The lowest BCUT2D eigenvalue weighted by atomic mass is 10.4. The van der Waals surface area contributed by atoms with E-state index in [0.29, 0.717) is 6.54 Å². The number of carbonyl (C=O) groups is 1. The van der Waals surface area contributed by atoms with Gasteiger partial charge >= 0.3 is 5.97 Å². The highest BCUT2D eigenvalue weighted by atomic mass is 32.2. The SMILES string of the molecule is CCn1cc(S(=O)(=O)N(C)Cc2cccs2)cc1C(=O)O. The molecule has 0 fully saturated rings. The molecule has 0 radical (unpaired) electrons. The normalized spacial score (nSPS) is 12.0. The molecule has 0 saturated carbocycles. The number of aromatic nitrogens is 1. The fourth-order valence-electron chi connectivity index (χ4n) is 1.95. The summed E-state index contributed by atoms with van der Waals surface area (Å²) in [6.07, 6.45) is 1.36. The minimum Gasteiger partial charge on any atom is -0.477 e. The molecule has 0 aliphatic carbocycles. The highest BCUT2D eigenvalue weighted by molar-refractivity contribution is 7.89. The molecule has 2 aromatic rings. The van der Waals surface area contributed by atoms with Crippen molar-refractivity contribution in [1.29, 1.82) is 0 Å². The molecular formula is C13H16N2O4S2. The zero-order valence-electron chi connectivity index (χ0n) is 11.7. The van der Waals surface area contributed by atoms with Gasteiger partial charge in [-0.05, 0) is 24.4 Å². The fourth-order valence-corrected chi connectivity index (χ4v) is 3.98. The van der Waals surface area contributed by atoms with Gasteiger partial charge in [-0.15, -0.1) is 11.3 Å². The molecule has 0 saturated heterocycles. The Labute approximate surface area is 127 Å². The van der Waals surface area contributed by atoms with Gasteiger partial charge < -0.3 is 9.67 Å². The molecular weight excluding hydrogens is 312 g/mol. The van der Waals surface area contributed by atoms with Crippen LogP contribution in [0.5, 0.6) is 0 Å². The van der Waals surface area contributed by atoms with E-state index in [0.717, 1.165) is 4.88 Å². The summed E-state index contributed by atoms with van der Waals surface area (Å²) < 4.78 is 27.6. The van der Waals surface area contributed by atoms with Crippen molar-refractivity contribution in [3.8, 4) is 0 Å². The van der Waals surface area contributed by atoms with E-state index in [-0.39, 0.29) is 17.1 Å². The molecule has 114 valence electrons. The van der Waals surface area contributed by atoms with Gasteiger partial charge in [0.15, 0.2) is 0 Å². The van der Waals surface area contributed by atoms with E-state index in [1.165, 1.54) is 39.5 Å². The molecule has 0 bridgehead atoms. The Hall–Kier alpha value is -1.64. The van der Waals surface area contributed by atoms with Gasteiger partial charge in [-0.2, -0.15) is 4.31 Å². The molecule has 21 heavy (non-hydrogen) atoms. The summed E-state index contributed by atoms with van der Waals surface area (Å²) in [6.45, 7) is 2.42. The van der Waals surface area contributed by atoms with Gasteiger partial charge in [-0.1, -0.05) is 6.07 Å². The lowest BCUT2D eigenvalue weighted by molar-refractivity contribution is 0.0685. The summed E-state index contributed by atoms with van der Waals surface area (Å²) in [6, 6.07) is 4.92. The number of aryl methyl sites for hydroxylation is 1. The van der Waals surface area contributed by atoms with Crippen molar-refractivity contribution in [1.82, 2.24) is 8.87 Å². The molecule has 0 spiro atoms. The third kappa shape index (κ3) is 3.17. The van der Waals surface area contributed by atoms with Gasteiger partial charge in [0.2, 0.25) is 10.0 Å². The van der Waals surface area contributed by atoms with Crippen molar-refractivity contribution in [2.75, 3.05) is 7.05 Å². The number of rotatable bonds is 6. The zero-order chi connectivity index (χ0) is 15.6. The first-order valence-corrected chi connectivity index (χ1v) is 8.60. The molecule has 2 heterocycles. The molecule has 6 nitrogen and oxygen atoms in total. The van der Waals surface area contributed by atoms with E-state index in [9.17, 15) is 13.2 Å². The molecule has 0 aliphatic heterocycles. The summed E-state index contributed by atoms with van der Waals surface area (Å²) in [5, 5.41) is 11.0. The average molecular weight is 328 g/mol. The summed E-state index contributed by atoms with van der Waals surface area (Å²) in [7, 11) is -2.22. The van der Waals surface area contributed by atoms with Crippen LogP contribution in [0.1, 0.15) is 22.3 Å². The van der Waals surface area contributed by atoms with Crippen molar-refractivity contribution in [3.63, 3.8) is 0 Å². The minimum absolute atomic E-state index is 0.000746. The number of carboxylic acids is 1. The average Bonchev–Trinajstić information content (AvgIpc) is 3.06. The maximum atomic E-state index is 12.5. The fraction of sp³-hybridized carbons (Fsp3) is 0.308. The Bertz CT molecular complexity index is 732. The van der Waals surface area contributed by atoms with Crippen molar-refractivity contribution in [2.45, 2.75) is 24.9 Å². The first-order valence-electron chi connectivity index (χ1n) is 6.28. The summed E-state index contributed by atoms with van der Waals surface area (Å²) in [5.74, 6) is -1.14. The van der Waals surface area contributed by atoms with Gasteiger partial charge in [0, 0.05) is 31.2 Å². The summed E-state index contributed by atoms with van der Waals surface area (Å²) in [4.78, 5) is 12.0. The van der Waals surface area contributed by atoms with Crippen LogP contribution in [0, 0.1) is 0 Å². The third-order valence-corrected chi connectivity index (χ3v) is 5.73. The van der Waals surface area contributed by atoms with Crippen molar-refractivity contribution in [3.05, 3.63) is 40.3 Å². The number of hydrogen-bond donors (Lipinski definition) is 1. The highest BCUT2D eigenvalue weighted by Gasteiger charge is 2.25. The number of sulfonamides is 1. The maximum Gasteiger partial charge on any atom is 0.352 e. The first kappa shape index (κ1) is 15.7. The highest BCUT2D eigenvalue weighted by Crippen LogP contribution is 2.21. The number of thiophene rings is 1. The van der Waals surface area contributed by atoms with Crippen LogP contribution in [-0.4, -0.2) is 35.4 Å². The third-order valence-electron chi connectivity index (χ3n) is 3.10. The van der Waals surface area contributed by atoms with Crippen LogP contribution in [0.3, 0.4) is 0 Å². The lowest BCUT2D eigenvalue weighted by Gasteiger charge is -2.15. The molecule has 1 N–H and O–H groups in total. The van der Waals surface area contributed by atoms with E-state index < -0.39 is 16.0 Å². The van der Waals surface area contributed by atoms with Gasteiger partial charge in [-0.25, -0.2) is 13.2 Å². The van der Waals surface area contributed by atoms with Crippen molar-refractivity contribution in [2.24, 2.45) is 0 Å². The largest absolute Gasteiger partial charge is 0.477 e. The Balaban J connectivity index is 2.33. The number of carboxylic acid groups (broad SMARTS) is 1. The smallest absolute Gasteiger partial charge is 0.352 e. The summed E-state index contributed by atoms with van der Waals surface area (Å²) in [5.41, 5.74) is -0.0272. The summed E-state index contributed by atoms with van der Waals surface area (Å²) >= 11 is 1.47. The van der Waals surface area contributed by atoms with Crippen LogP contribution in [0.25, 0.3) is 0 Å². The quantitative estimate of drug-likeness (QED) is 0.880. The van der Waals surface area contributed by atoms with Gasteiger partial charge in [-0.3, -0.25) is 0 Å². The minimum atomic E-state index is -3.70. The molecule has 0 aliphatic rings. The molecule has 0 aromatic carbocycles. The lowest BCUT2D eigenvalue weighted by Crippen LogP contribution is -2.25. The van der Waals surface area contributed by atoms with Gasteiger partial charge in [0.05, 0.1) is 0 Å². The van der Waals surface area contributed by atoms with Crippen LogP contribution in [0.4, 0.5) is 0 Å². The molecule has 2 aromatic heterocycles. The van der Waals surface area contributed by atoms with Crippen LogP contribution in [0.2, 0.25) is 0 Å². The topological polar surface area (TPSA) is 79.6 Å². The maximum absolute atomic E-state index is 12.5. The Morgan fingerprint density at radius 1 is 1.48 bits per heavy atom. The number of hydrogen-bond acceptors (Lipinski definition) is 4. The zero-order valence-corrected chi connectivity index (χ0v) is 13.3. The van der Waals surface area contributed by atoms with Gasteiger partial charge in [0.1, 0.15) is 10.6 Å². The van der Waals surface area contributed by atoms with Crippen molar-refractivity contribution >= 4 is 27.3 Å². The van der Waals surface area contributed by atoms with Crippen molar-refractivity contribution < 1.29 is 18.3 Å². The molecule has 8 heteroatoms. The molecule has 0 unspecified atom stereocenters. The monoisotopic (exact) mass is 328 g/mol. The van der Waals surface area contributed by atoms with E-state index in [2.05, 4.69) is 0 Å². The van der Waals surface area contributed by atoms with Crippen LogP contribution < -0.4 is 0 Å². The Morgan fingerprint density at radius 2 is 2.19 bits per heavy atom. The van der Waals surface area contributed by atoms with Crippen LogP contribution in [-0.2, 0) is 23.1 Å². The predicted molar refractivity (Wildman–Crippen MR) is 80.0 cm³/mol. The molecule has 0 amide bonds. The number of nitrogens with zero attached hydrogens (tertiary/aromatic N) is 2. The Kier molecular flexibility index (Phi) is 4.50. The molecule has 2 rings (SSSR count). The predicted octanol–water partition coefficient (Wildman–Crippen LogP) is 2.09. The van der Waals surface area contributed by atoms with E-state index in [1.54, 1.807) is 6.92 Å². The number of aromatic carboxylic acids is 1. The second kappa shape index (κ2) is 6.00. The standard InChI is InChI=1S/C13H16N2O4S2/c1-3-15-9-11(7-12(15)13(16)17)21(18,19)14(2)8-10-5-4-6-20-10/h4-7,9H,3,8H2,1-2H3,(H,16,17). The van der Waals surface area contributed by atoms with E-state index in [1.807, 2.05) is 17.5 Å².